The van der Waals surface area contributed by atoms with Crippen LogP contribution in [-0.2, 0) is 10.0 Å². The monoisotopic (exact) mass is 350 g/mol. The summed E-state index contributed by atoms with van der Waals surface area (Å²) in [5.41, 5.74) is 1.01. The molecule has 0 unspecified atom stereocenters. The number of nitrogens with one attached hydrogen (secondary N) is 2. The fourth-order valence-corrected chi connectivity index (χ4v) is 4.34. The van der Waals surface area contributed by atoms with Crippen molar-refractivity contribution in [2.45, 2.75) is 36.2 Å². The molecule has 0 bridgehead atoms. The van der Waals surface area contributed by atoms with Crippen LogP contribution in [0.15, 0.2) is 59.5 Å². The smallest absolute Gasteiger partial charge is 0.240 e. The summed E-state index contributed by atoms with van der Waals surface area (Å²) in [6.45, 7) is 0. The van der Waals surface area contributed by atoms with Crippen LogP contribution < -0.4 is 10.0 Å². The van der Waals surface area contributed by atoms with Gasteiger partial charge in [-0.15, -0.1) is 0 Å². The molecule has 1 aliphatic rings. The Bertz CT molecular complexity index is 748. The average Bonchev–Trinajstić information content (AvgIpc) is 2.95. The quantitative estimate of drug-likeness (QED) is 0.865. The van der Waals surface area contributed by atoms with Crippen LogP contribution in [0.2, 0.25) is 5.02 Å². The van der Waals surface area contributed by atoms with Gasteiger partial charge in [-0.05, 0) is 55.7 Å². The van der Waals surface area contributed by atoms with Crippen LogP contribution >= 0.6 is 11.6 Å². The zero-order valence-electron chi connectivity index (χ0n) is 12.6. The Kier molecular flexibility index (Phi) is 4.90. The van der Waals surface area contributed by atoms with Gasteiger partial charge in [-0.1, -0.05) is 29.8 Å². The Morgan fingerprint density at radius 3 is 2.26 bits per heavy atom. The van der Waals surface area contributed by atoms with Crippen molar-refractivity contribution in [2.24, 2.45) is 0 Å². The molecule has 0 radical (unpaired) electrons. The Balaban J connectivity index is 1.72. The van der Waals surface area contributed by atoms with E-state index in [0.29, 0.717) is 5.02 Å². The molecular weight excluding hydrogens is 332 g/mol. The van der Waals surface area contributed by atoms with Gasteiger partial charge in [-0.2, -0.15) is 0 Å². The van der Waals surface area contributed by atoms with E-state index in [1.807, 2.05) is 30.3 Å². The fraction of sp³-hybridized carbons (Fsp3) is 0.294. The molecule has 0 aliphatic heterocycles. The summed E-state index contributed by atoms with van der Waals surface area (Å²) in [4.78, 5) is 0.243. The first kappa shape index (κ1) is 16.3. The van der Waals surface area contributed by atoms with Gasteiger partial charge >= 0.3 is 0 Å². The number of rotatable bonds is 5. The van der Waals surface area contributed by atoms with Crippen molar-refractivity contribution >= 4 is 27.3 Å². The van der Waals surface area contributed by atoms with Crippen LogP contribution in [0.4, 0.5) is 5.69 Å². The first-order chi connectivity index (χ1) is 11.0. The lowest BCUT2D eigenvalue weighted by atomic mass is 10.2. The maximum absolute atomic E-state index is 12.5. The highest BCUT2D eigenvalue weighted by Crippen LogP contribution is 2.25. The number of para-hydroxylation sites is 1. The van der Waals surface area contributed by atoms with Gasteiger partial charge in [0.1, 0.15) is 0 Å². The van der Waals surface area contributed by atoms with E-state index in [2.05, 4.69) is 10.0 Å². The van der Waals surface area contributed by atoms with E-state index in [0.717, 1.165) is 24.9 Å². The molecule has 0 aromatic heterocycles. The number of anilines is 1. The lowest BCUT2D eigenvalue weighted by Crippen LogP contribution is -2.43. The predicted molar refractivity (Wildman–Crippen MR) is 93.3 cm³/mol. The van der Waals surface area contributed by atoms with Gasteiger partial charge in [-0.3, -0.25) is 0 Å². The molecule has 6 heteroatoms. The lowest BCUT2D eigenvalue weighted by molar-refractivity contribution is 0.535. The van der Waals surface area contributed by atoms with E-state index in [-0.39, 0.29) is 17.0 Å². The van der Waals surface area contributed by atoms with E-state index >= 15 is 0 Å². The normalized spacial score (nSPS) is 21.3. The largest absolute Gasteiger partial charge is 0.381 e. The van der Waals surface area contributed by atoms with E-state index in [9.17, 15) is 8.42 Å². The van der Waals surface area contributed by atoms with E-state index in [1.54, 1.807) is 12.1 Å². The molecule has 2 aromatic rings. The standard InChI is InChI=1S/C17H19ClN2O2S/c18-13-9-11-15(12-10-13)23(21,22)20-17-8-4-7-16(17)19-14-5-2-1-3-6-14/h1-3,5-6,9-12,16-17,19-20H,4,7-8H2/t16-,17-/m0/s1. The number of hydrogen-bond acceptors (Lipinski definition) is 3. The number of halogens is 1. The first-order valence-electron chi connectivity index (χ1n) is 7.64. The van der Waals surface area contributed by atoms with E-state index < -0.39 is 10.0 Å². The molecule has 2 aromatic carbocycles. The molecule has 0 spiro atoms. The zero-order chi connectivity index (χ0) is 16.3. The van der Waals surface area contributed by atoms with Crippen LogP contribution in [0, 0.1) is 0 Å². The molecule has 0 amide bonds. The summed E-state index contributed by atoms with van der Waals surface area (Å²) in [5.74, 6) is 0. The van der Waals surface area contributed by atoms with Crippen molar-refractivity contribution in [2.75, 3.05) is 5.32 Å². The summed E-state index contributed by atoms with van der Waals surface area (Å²) in [7, 11) is -3.53. The molecule has 23 heavy (non-hydrogen) atoms. The van der Waals surface area contributed by atoms with Gasteiger partial charge in [0.05, 0.1) is 4.90 Å². The van der Waals surface area contributed by atoms with Crippen LogP contribution in [0.25, 0.3) is 0 Å². The second kappa shape index (κ2) is 6.91. The summed E-state index contributed by atoms with van der Waals surface area (Å²) in [5, 5.41) is 3.95. The molecule has 1 saturated carbocycles. The van der Waals surface area contributed by atoms with Gasteiger partial charge < -0.3 is 5.32 Å². The number of hydrogen-bond donors (Lipinski definition) is 2. The van der Waals surface area contributed by atoms with Gasteiger partial charge in [0.25, 0.3) is 0 Å². The maximum Gasteiger partial charge on any atom is 0.240 e. The number of benzene rings is 2. The predicted octanol–water partition coefficient (Wildman–Crippen LogP) is 3.65. The minimum Gasteiger partial charge on any atom is -0.381 e. The Labute approximate surface area is 141 Å². The molecule has 2 atom stereocenters. The Morgan fingerprint density at radius 2 is 1.57 bits per heavy atom. The maximum atomic E-state index is 12.5. The third-order valence-electron chi connectivity index (χ3n) is 4.07. The topological polar surface area (TPSA) is 58.2 Å². The molecule has 4 nitrogen and oxygen atoms in total. The molecule has 1 fully saturated rings. The minimum atomic E-state index is -3.53. The molecular formula is C17H19ClN2O2S. The average molecular weight is 351 g/mol. The third kappa shape index (κ3) is 4.05. The number of sulfonamides is 1. The van der Waals surface area contributed by atoms with Crippen molar-refractivity contribution in [1.82, 2.24) is 4.72 Å². The first-order valence-corrected chi connectivity index (χ1v) is 9.50. The van der Waals surface area contributed by atoms with Gasteiger partial charge in [0.2, 0.25) is 10.0 Å². The lowest BCUT2D eigenvalue weighted by Gasteiger charge is -2.23. The van der Waals surface area contributed by atoms with E-state index in [1.165, 1.54) is 12.1 Å². The molecule has 3 rings (SSSR count). The summed E-state index contributed by atoms with van der Waals surface area (Å²) in [6, 6.07) is 16.1. The van der Waals surface area contributed by atoms with E-state index in [4.69, 9.17) is 11.6 Å². The van der Waals surface area contributed by atoms with Crippen LogP contribution in [0.5, 0.6) is 0 Å². The third-order valence-corrected chi connectivity index (χ3v) is 5.83. The van der Waals surface area contributed by atoms with Crippen LogP contribution in [0.3, 0.4) is 0 Å². The molecule has 0 saturated heterocycles. The molecule has 122 valence electrons. The second-order valence-electron chi connectivity index (χ2n) is 5.73. The van der Waals surface area contributed by atoms with Crippen LogP contribution in [0.1, 0.15) is 19.3 Å². The summed E-state index contributed by atoms with van der Waals surface area (Å²) >= 11 is 5.82. The van der Waals surface area contributed by atoms with Crippen molar-refractivity contribution < 1.29 is 8.42 Å². The fourth-order valence-electron chi connectivity index (χ4n) is 2.90. The SMILES string of the molecule is O=S(=O)(N[C@H]1CCC[C@@H]1Nc1ccccc1)c1ccc(Cl)cc1. The highest BCUT2D eigenvalue weighted by Gasteiger charge is 2.31. The zero-order valence-corrected chi connectivity index (χ0v) is 14.1. The van der Waals surface area contributed by atoms with Crippen molar-refractivity contribution in [3.8, 4) is 0 Å². The van der Waals surface area contributed by atoms with Crippen molar-refractivity contribution in [1.29, 1.82) is 0 Å². The van der Waals surface area contributed by atoms with Crippen molar-refractivity contribution in [3.63, 3.8) is 0 Å². The van der Waals surface area contributed by atoms with Gasteiger partial charge in [0.15, 0.2) is 0 Å². The highest BCUT2D eigenvalue weighted by atomic mass is 35.5. The van der Waals surface area contributed by atoms with Crippen molar-refractivity contribution in [3.05, 3.63) is 59.6 Å². The minimum absolute atomic E-state index is 0.0967. The molecule has 0 heterocycles. The molecule has 2 N–H and O–H groups in total. The Hall–Kier alpha value is -1.56. The summed E-state index contributed by atoms with van der Waals surface area (Å²) in [6.07, 6.45) is 2.78. The van der Waals surface area contributed by atoms with Gasteiger partial charge in [0, 0.05) is 22.8 Å². The summed E-state index contributed by atoms with van der Waals surface area (Å²) < 4.78 is 27.9. The Morgan fingerprint density at radius 1 is 0.913 bits per heavy atom. The van der Waals surface area contributed by atoms with Crippen LogP contribution in [-0.4, -0.2) is 20.5 Å². The second-order valence-corrected chi connectivity index (χ2v) is 7.88. The van der Waals surface area contributed by atoms with Gasteiger partial charge in [-0.25, -0.2) is 13.1 Å². The molecule has 1 aliphatic carbocycles. The highest BCUT2D eigenvalue weighted by molar-refractivity contribution is 7.89.